The third-order valence-electron chi connectivity index (χ3n) is 1.84. The minimum absolute atomic E-state index is 0.792. The van der Waals surface area contributed by atoms with Crippen LogP contribution in [-0.2, 0) is 4.79 Å². The molecule has 0 spiro atoms. The first kappa shape index (κ1) is 11.0. The first-order valence-corrected chi connectivity index (χ1v) is 4.98. The molecule has 0 aliphatic heterocycles. The lowest BCUT2D eigenvalue weighted by atomic mass is 10.1. The van der Waals surface area contributed by atoms with Gasteiger partial charge >= 0.3 is 5.97 Å². The molecule has 0 aromatic heterocycles. The molecule has 3 nitrogen and oxygen atoms in total. The van der Waals surface area contributed by atoms with Gasteiger partial charge in [-0.2, -0.15) is 0 Å². The zero-order valence-corrected chi connectivity index (χ0v) is 9.63. The van der Waals surface area contributed by atoms with E-state index < -0.39 is 11.5 Å². The number of anilines is 1. The number of nitrogens with one attached hydrogen (secondary N) is 1. The molecule has 0 amide bonds. The van der Waals surface area contributed by atoms with Crippen LogP contribution in [0.5, 0.6) is 0 Å². The largest absolute Gasteiger partial charge is 0.480 e. The van der Waals surface area contributed by atoms with Crippen molar-refractivity contribution in [3.8, 4) is 0 Å². The SMILES string of the molecule is CC(C)(Nc1ccc(Br)cc1)C(=O)O. The molecule has 0 bridgehead atoms. The lowest BCUT2D eigenvalue weighted by Gasteiger charge is -2.22. The lowest BCUT2D eigenvalue weighted by Crippen LogP contribution is -2.39. The Hall–Kier alpha value is -1.03. The van der Waals surface area contributed by atoms with E-state index in [0.717, 1.165) is 10.2 Å². The van der Waals surface area contributed by atoms with Crippen molar-refractivity contribution in [3.63, 3.8) is 0 Å². The third-order valence-corrected chi connectivity index (χ3v) is 2.36. The van der Waals surface area contributed by atoms with Gasteiger partial charge in [0.2, 0.25) is 0 Å². The number of hydrogen-bond acceptors (Lipinski definition) is 2. The standard InChI is InChI=1S/C10H12BrNO2/c1-10(2,9(13)14)12-8-5-3-7(11)4-6-8/h3-6,12H,1-2H3,(H,13,14). The maximum Gasteiger partial charge on any atom is 0.328 e. The molecule has 0 saturated carbocycles. The summed E-state index contributed by atoms with van der Waals surface area (Å²) in [4.78, 5) is 10.8. The number of rotatable bonds is 3. The molecule has 0 atom stereocenters. The van der Waals surface area contributed by atoms with Crippen LogP contribution in [0.4, 0.5) is 5.69 Å². The molecule has 0 saturated heterocycles. The van der Waals surface area contributed by atoms with Gasteiger partial charge in [-0.3, -0.25) is 0 Å². The zero-order valence-electron chi connectivity index (χ0n) is 8.04. The molecule has 14 heavy (non-hydrogen) atoms. The molecule has 76 valence electrons. The second-order valence-electron chi connectivity index (χ2n) is 3.56. The van der Waals surface area contributed by atoms with E-state index in [1.54, 1.807) is 13.8 Å². The molecule has 1 aromatic rings. The maximum atomic E-state index is 10.8. The normalized spacial score (nSPS) is 11.1. The Kier molecular flexibility index (Phi) is 3.16. The van der Waals surface area contributed by atoms with Gasteiger partial charge in [0.15, 0.2) is 0 Å². The summed E-state index contributed by atoms with van der Waals surface area (Å²) in [6.07, 6.45) is 0. The lowest BCUT2D eigenvalue weighted by molar-refractivity contribution is -0.141. The molecule has 0 heterocycles. The summed E-state index contributed by atoms with van der Waals surface area (Å²) in [5.74, 6) is -0.875. The predicted molar refractivity (Wildman–Crippen MR) is 59.5 cm³/mol. The first-order valence-electron chi connectivity index (χ1n) is 4.19. The monoisotopic (exact) mass is 257 g/mol. The van der Waals surface area contributed by atoms with Gasteiger partial charge in [0.1, 0.15) is 5.54 Å². The number of halogens is 1. The molecule has 2 N–H and O–H groups in total. The molecular formula is C10H12BrNO2. The smallest absolute Gasteiger partial charge is 0.328 e. The quantitative estimate of drug-likeness (QED) is 0.876. The van der Waals surface area contributed by atoms with E-state index in [2.05, 4.69) is 21.2 Å². The highest BCUT2D eigenvalue weighted by Crippen LogP contribution is 2.18. The fourth-order valence-electron chi connectivity index (χ4n) is 0.948. The fourth-order valence-corrected chi connectivity index (χ4v) is 1.21. The number of aliphatic carboxylic acids is 1. The topological polar surface area (TPSA) is 49.3 Å². The predicted octanol–water partition coefficient (Wildman–Crippen LogP) is 2.72. The average molecular weight is 258 g/mol. The Labute approximate surface area is 91.3 Å². The van der Waals surface area contributed by atoms with Crippen molar-refractivity contribution in [2.24, 2.45) is 0 Å². The Balaban J connectivity index is 2.79. The summed E-state index contributed by atoms with van der Waals surface area (Å²) >= 11 is 3.31. The minimum atomic E-state index is -0.951. The van der Waals surface area contributed by atoms with Gasteiger partial charge in [-0.15, -0.1) is 0 Å². The van der Waals surface area contributed by atoms with Crippen molar-refractivity contribution in [2.75, 3.05) is 5.32 Å². The van der Waals surface area contributed by atoms with E-state index in [4.69, 9.17) is 5.11 Å². The van der Waals surface area contributed by atoms with Crippen molar-refractivity contribution in [1.82, 2.24) is 0 Å². The van der Waals surface area contributed by atoms with E-state index in [0.29, 0.717) is 0 Å². The van der Waals surface area contributed by atoms with Crippen LogP contribution in [0.2, 0.25) is 0 Å². The van der Waals surface area contributed by atoms with Crippen molar-refractivity contribution in [2.45, 2.75) is 19.4 Å². The molecule has 0 aliphatic carbocycles. The summed E-state index contributed by atoms with van der Waals surface area (Å²) in [6, 6.07) is 7.38. The summed E-state index contributed by atoms with van der Waals surface area (Å²) in [5.41, 5.74) is -0.158. The summed E-state index contributed by atoms with van der Waals surface area (Å²) in [5, 5.41) is 11.8. The third kappa shape index (κ3) is 2.73. The fraction of sp³-hybridized carbons (Fsp3) is 0.300. The number of carboxylic acid groups (broad SMARTS) is 1. The zero-order chi connectivity index (χ0) is 10.8. The second-order valence-corrected chi connectivity index (χ2v) is 4.48. The molecule has 0 fully saturated rings. The van der Waals surface area contributed by atoms with Crippen molar-refractivity contribution < 1.29 is 9.90 Å². The average Bonchev–Trinajstić information content (AvgIpc) is 2.08. The van der Waals surface area contributed by atoms with Gasteiger partial charge in [0.25, 0.3) is 0 Å². The maximum absolute atomic E-state index is 10.8. The summed E-state index contributed by atoms with van der Waals surface area (Å²) in [7, 11) is 0. The Morgan fingerprint density at radius 3 is 2.29 bits per heavy atom. The van der Waals surface area contributed by atoms with Crippen LogP contribution in [0.1, 0.15) is 13.8 Å². The second kappa shape index (κ2) is 4.00. The highest BCUT2D eigenvalue weighted by Gasteiger charge is 2.26. The van der Waals surface area contributed by atoms with Crippen LogP contribution in [0.15, 0.2) is 28.7 Å². The van der Waals surface area contributed by atoms with Crippen LogP contribution in [-0.4, -0.2) is 16.6 Å². The van der Waals surface area contributed by atoms with Gasteiger partial charge in [-0.25, -0.2) is 4.79 Å². The van der Waals surface area contributed by atoms with Crippen LogP contribution in [0.3, 0.4) is 0 Å². The number of carbonyl (C=O) groups is 1. The van der Waals surface area contributed by atoms with E-state index in [1.807, 2.05) is 24.3 Å². The molecule has 1 rings (SSSR count). The first-order chi connectivity index (χ1) is 6.42. The van der Waals surface area contributed by atoms with Crippen molar-refractivity contribution in [3.05, 3.63) is 28.7 Å². The van der Waals surface area contributed by atoms with Crippen LogP contribution in [0, 0.1) is 0 Å². The van der Waals surface area contributed by atoms with E-state index >= 15 is 0 Å². The number of benzene rings is 1. The van der Waals surface area contributed by atoms with Crippen LogP contribution >= 0.6 is 15.9 Å². The van der Waals surface area contributed by atoms with Crippen LogP contribution in [0.25, 0.3) is 0 Å². The highest BCUT2D eigenvalue weighted by molar-refractivity contribution is 9.10. The van der Waals surface area contributed by atoms with Gasteiger partial charge in [-0.1, -0.05) is 15.9 Å². The molecule has 0 unspecified atom stereocenters. The molecule has 0 aliphatic rings. The van der Waals surface area contributed by atoms with Gasteiger partial charge in [0.05, 0.1) is 0 Å². The van der Waals surface area contributed by atoms with Gasteiger partial charge in [0, 0.05) is 10.2 Å². The Bertz CT molecular complexity index is 332. The summed E-state index contributed by atoms with van der Waals surface area (Å²) in [6.45, 7) is 3.24. The summed E-state index contributed by atoms with van der Waals surface area (Å²) < 4.78 is 0.969. The molecule has 4 heteroatoms. The van der Waals surface area contributed by atoms with Gasteiger partial charge in [-0.05, 0) is 38.1 Å². The molecular weight excluding hydrogens is 246 g/mol. The van der Waals surface area contributed by atoms with E-state index in [1.165, 1.54) is 0 Å². The highest BCUT2D eigenvalue weighted by atomic mass is 79.9. The molecule has 1 aromatic carbocycles. The van der Waals surface area contributed by atoms with Crippen molar-refractivity contribution in [1.29, 1.82) is 0 Å². The van der Waals surface area contributed by atoms with E-state index in [9.17, 15) is 4.79 Å². The number of carboxylic acids is 1. The van der Waals surface area contributed by atoms with Gasteiger partial charge < -0.3 is 10.4 Å². The molecule has 0 radical (unpaired) electrons. The Morgan fingerprint density at radius 1 is 1.36 bits per heavy atom. The van der Waals surface area contributed by atoms with E-state index in [-0.39, 0.29) is 0 Å². The Morgan fingerprint density at radius 2 is 1.86 bits per heavy atom. The van der Waals surface area contributed by atoms with Crippen LogP contribution < -0.4 is 5.32 Å². The van der Waals surface area contributed by atoms with Crippen molar-refractivity contribution >= 4 is 27.6 Å². The number of hydrogen-bond donors (Lipinski definition) is 2. The minimum Gasteiger partial charge on any atom is -0.480 e.